The fourth-order valence-corrected chi connectivity index (χ4v) is 1.97. The lowest BCUT2D eigenvalue weighted by Crippen LogP contribution is -2.33. The Morgan fingerprint density at radius 3 is 2.65 bits per heavy atom. The molecule has 0 aliphatic carbocycles. The van der Waals surface area contributed by atoms with E-state index in [9.17, 15) is 4.79 Å². The molecule has 0 bridgehead atoms. The monoisotopic (exact) mass is 237 g/mol. The number of aliphatic imine (C=N–C) groups is 1. The molecule has 1 amide bonds. The van der Waals surface area contributed by atoms with Crippen molar-refractivity contribution in [2.24, 2.45) is 10.9 Å². The molecule has 0 radical (unpaired) electrons. The molecule has 96 valence electrons. The molecule has 1 unspecified atom stereocenters. The van der Waals surface area contributed by atoms with Crippen LogP contribution in [0, 0.1) is 5.92 Å². The van der Waals surface area contributed by atoms with Gasteiger partial charge in [0.2, 0.25) is 5.96 Å². The molecule has 17 heavy (non-hydrogen) atoms. The van der Waals surface area contributed by atoms with Crippen molar-refractivity contribution >= 4 is 11.9 Å². The van der Waals surface area contributed by atoms with Crippen molar-refractivity contribution in [1.82, 2.24) is 10.6 Å². The average molecular weight is 237 g/mol. The fraction of sp³-hybridized carbons (Fsp3) is 0.692. The van der Waals surface area contributed by atoms with Crippen molar-refractivity contribution in [2.75, 3.05) is 7.05 Å². The number of carbonyl (C=O) groups is 1. The molecule has 2 N–H and O–H groups in total. The lowest BCUT2D eigenvalue weighted by atomic mass is 9.96. The van der Waals surface area contributed by atoms with Crippen LogP contribution in [0.25, 0.3) is 0 Å². The lowest BCUT2D eigenvalue weighted by Gasteiger charge is -2.10. The van der Waals surface area contributed by atoms with Crippen LogP contribution < -0.4 is 10.6 Å². The number of carbonyl (C=O) groups excluding carboxylic acids is 1. The van der Waals surface area contributed by atoms with Gasteiger partial charge in [-0.3, -0.25) is 10.1 Å². The highest BCUT2D eigenvalue weighted by Gasteiger charge is 2.20. The Balaban J connectivity index is 2.68. The van der Waals surface area contributed by atoms with Gasteiger partial charge in [0.15, 0.2) is 0 Å². The van der Waals surface area contributed by atoms with Crippen molar-refractivity contribution in [3.05, 3.63) is 11.8 Å². The first-order chi connectivity index (χ1) is 8.21. The number of hydrogen-bond donors (Lipinski definition) is 2. The molecule has 4 nitrogen and oxygen atoms in total. The van der Waals surface area contributed by atoms with E-state index in [1.54, 1.807) is 7.05 Å². The Labute approximate surface area is 104 Å². The van der Waals surface area contributed by atoms with E-state index < -0.39 is 0 Å². The van der Waals surface area contributed by atoms with Crippen LogP contribution in [-0.4, -0.2) is 18.9 Å². The third-order valence-electron chi connectivity index (χ3n) is 2.92. The average Bonchev–Trinajstić information content (AvgIpc) is 2.67. The smallest absolute Gasteiger partial charge is 0.276 e. The maximum absolute atomic E-state index is 11.6. The minimum Gasteiger partial charge on any atom is -0.359 e. The Bertz CT molecular complexity index is 321. The van der Waals surface area contributed by atoms with Crippen molar-refractivity contribution in [2.45, 2.75) is 46.0 Å². The summed E-state index contributed by atoms with van der Waals surface area (Å²) in [6, 6.07) is 0. The van der Waals surface area contributed by atoms with Crippen molar-refractivity contribution in [3.8, 4) is 0 Å². The quantitative estimate of drug-likeness (QED) is 0.696. The van der Waals surface area contributed by atoms with Crippen molar-refractivity contribution < 1.29 is 4.79 Å². The second-order valence-electron chi connectivity index (χ2n) is 4.41. The molecular weight excluding hydrogens is 214 g/mol. The summed E-state index contributed by atoms with van der Waals surface area (Å²) >= 11 is 0. The number of nitrogens with zero attached hydrogens (tertiary/aromatic N) is 1. The summed E-state index contributed by atoms with van der Waals surface area (Å²) in [4.78, 5) is 15.8. The highest BCUT2D eigenvalue weighted by Crippen LogP contribution is 2.19. The maximum Gasteiger partial charge on any atom is 0.276 e. The number of nitrogens with one attached hydrogen (secondary N) is 2. The Kier molecular flexibility index (Phi) is 5.73. The summed E-state index contributed by atoms with van der Waals surface area (Å²) in [6.45, 7) is 4.37. The van der Waals surface area contributed by atoms with Crippen molar-refractivity contribution in [3.63, 3.8) is 0 Å². The van der Waals surface area contributed by atoms with Crippen LogP contribution in [0.2, 0.25) is 0 Å². The summed E-state index contributed by atoms with van der Waals surface area (Å²) < 4.78 is 0. The largest absolute Gasteiger partial charge is 0.359 e. The summed E-state index contributed by atoms with van der Waals surface area (Å²) in [7, 11) is 1.75. The molecule has 1 aliphatic heterocycles. The minimum absolute atomic E-state index is 0.0908. The second kappa shape index (κ2) is 7.09. The predicted octanol–water partition coefficient (Wildman–Crippen LogP) is 2.18. The van der Waals surface area contributed by atoms with Crippen LogP contribution in [0.15, 0.2) is 16.8 Å². The Hall–Kier alpha value is -1.32. The van der Waals surface area contributed by atoms with E-state index >= 15 is 0 Å². The van der Waals surface area contributed by atoms with E-state index in [2.05, 4.69) is 29.5 Å². The van der Waals surface area contributed by atoms with E-state index in [0.717, 1.165) is 19.3 Å². The van der Waals surface area contributed by atoms with Gasteiger partial charge in [0, 0.05) is 7.05 Å². The van der Waals surface area contributed by atoms with E-state index in [-0.39, 0.29) is 5.91 Å². The van der Waals surface area contributed by atoms with Gasteiger partial charge in [0.25, 0.3) is 5.91 Å². The van der Waals surface area contributed by atoms with E-state index in [4.69, 9.17) is 0 Å². The summed E-state index contributed by atoms with van der Waals surface area (Å²) in [5.74, 6) is 0.930. The van der Waals surface area contributed by atoms with Gasteiger partial charge in [0.05, 0.1) is 0 Å². The standard InChI is InChI=1S/C13H23N3O/c1-4-6-8-10(7-5-2)9-11-12(17)16-13(14-3)15-11/h9-10H,4-8H2,1-3H3,(H2,14,15,16,17)/b11-9-. The zero-order chi connectivity index (χ0) is 12.7. The van der Waals surface area contributed by atoms with Gasteiger partial charge in [-0.05, 0) is 24.8 Å². The number of rotatable bonds is 6. The van der Waals surface area contributed by atoms with Crippen LogP contribution in [0.5, 0.6) is 0 Å². The van der Waals surface area contributed by atoms with Gasteiger partial charge in [-0.2, -0.15) is 0 Å². The molecule has 1 rings (SSSR count). The van der Waals surface area contributed by atoms with Gasteiger partial charge >= 0.3 is 0 Å². The highest BCUT2D eigenvalue weighted by molar-refractivity contribution is 6.11. The molecule has 1 atom stereocenters. The highest BCUT2D eigenvalue weighted by atomic mass is 16.2. The fourth-order valence-electron chi connectivity index (χ4n) is 1.97. The topological polar surface area (TPSA) is 53.5 Å². The zero-order valence-electron chi connectivity index (χ0n) is 11.0. The number of allylic oxidation sites excluding steroid dienone is 1. The first kappa shape index (κ1) is 13.7. The summed E-state index contributed by atoms with van der Waals surface area (Å²) in [6.07, 6.45) is 7.84. The van der Waals surface area contributed by atoms with Crippen LogP contribution in [0.1, 0.15) is 46.0 Å². The molecule has 1 aliphatic rings. The predicted molar refractivity (Wildman–Crippen MR) is 70.6 cm³/mol. The van der Waals surface area contributed by atoms with Gasteiger partial charge < -0.3 is 5.32 Å². The maximum atomic E-state index is 11.6. The first-order valence-corrected chi connectivity index (χ1v) is 6.50. The molecule has 0 aromatic rings. The molecule has 4 heteroatoms. The van der Waals surface area contributed by atoms with Crippen LogP contribution in [-0.2, 0) is 4.79 Å². The molecule has 0 saturated carbocycles. The zero-order valence-corrected chi connectivity index (χ0v) is 11.0. The Morgan fingerprint density at radius 1 is 1.35 bits per heavy atom. The summed E-state index contributed by atoms with van der Waals surface area (Å²) in [5.41, 5.74) is 0.559. The van der Waals surface area contributed by atoms with E-state index in [1.807, 2.05) is 6.08 Å². The number of amides is 1. The van der Waals surface area contributed by atoms with E-state index in [0.29, 0.717) is 17.6 Å². The molecular formula is C13H23N3O. The van der Waals surface area contributed by atoms with Crippen LogP contribution >= 0.6 is 0 Å². The van der Waals surface area contributed by atoms with Gasteiger partial charge in [0.1, 0.15) is 5.70 Å². The van der Waals surface area contributed by atoms with Gasteiger partial charge in [-0.15, -0.1) is 0 Å². The third kappa shape index (κ3) is 4.21. The molecule has 0 spiro atoms. The lowest BCUT2D eigenvalue weighted by molar-refractivity contribution is -0.115. The SMILES string of the molecule is CCCCC(/C=C1\N=C(NC)NC1=O)CCC. The Morgan fingerprint density at radius 2 is 2.12 bits per heavy atom. The second-order valence-corrected chi connectivity index (χ2v) is 4.41. The normalized spacial score (nSPS) is 19.1. The van der Waals surface area contributed by atoms with Crippen molar-refractivity contribution in [1.29, 1.82) is 0 Å². The van der Waals surface area contributed by atoms with Crippen LogP contribution in [0.3, 0.4) is 0 Å². The number of hydrogen-bond acceptors (Lipinski definition) is 3. The minimum atomic E-state index is -0.0908. The molecule has 0 saturated heterocycles. The van der Waals surface area contributed by atoms with E-state index in [1.165, 1.54) is 12.8 Å². The molecule has 0 fully saturated rings. The van der Waals surface area contributed by atoms with Crippen LogP contribution in [0.4, 0.5) is 0 Å². The molecule has 0 aromatic carbocycles. The van der Waals surface area contributed by atoms with Gasteiger partial charge in [-0.25, -0.2) is 4.99 Å². The molecule has 0 aromatic heterocycles. The molecule has 1 heterocycles. The first-order valence-electron chi connectivity index (χ1n) is 6.50. The summed E-state index contributed by atoms with van der Waals surface area (Å²) in [5, 5.41) is 5.54. The number of unbranched alkanes of at least 4 members (excludes halogenated alkanes) is 1. The third-order valence-corrected chi connectivity index (χ3v) is 2.92. The van der Waals surface area contributed by atoms with Gasteiger partial charge in [-0.1, -0.05) is 33.1 Å². The number of guanidine groups is 1.